The van der Waals surface area contributed by atoms with Gasteiger partial charge in [0, 0.05) is 36.9 Å². The molecule has 7 nitrogen and oxygen atoms in total. The van der Waals surface area contributed by atoms with E-state index in [0.29, 0.717) is 24.8 Å². The number of hydrogen-bond acceptors (Lipinski definition) is 6. The van der Waals surface area contributed by atoms with Gasteiger partial charge in [0.25, 0.3) is 0 Å². The van der Waals surface area contributed by atoms with Crippen LogP contribution in [0.15, 0.2) is 79.6 Å². The zero-order valence-electron chi connectivity index (χ0n) is 14.6. The number of nitrogens with one attached hydrogen (secondary N) is 1. The summed E-state index contributed by atoms with van der Waals surface area (Å²) in [6.07, 6.45) is 10.5. The van der Waals surface area contributed by atoms with Crippen molar-refractivity contribution < 1.29 is 4.74 Å². The van der Waals surface area contributed by atoms with Crippen LogP contribution >= 0.6 is 0 Å². The highest BCUT2D eigenvalue weighted by Gasteiger charge is 2.02. The molecule has 0 aliphatic rings. The van der Waals surface area contributed by atoms with Gasteiger partial charge in [-0.1, -0.05) is 18.2 Å². The number of anilines is 1. The molecule has 0 fully saturated rings. The minimum atomic E-state index is 0.501. The number of pyridine rings is 1. The van der Waals surface area contributed by atoms with Crippen molar-refractivity contribution in [3.8, 4) is 11.6 Å². The lowest BCUT2D eigenvalue weighted by molar-refractivity contribution is 0.305. The predicted octanol–water partition coefficient (Wildman–Crippen LogP) is 3.25. The van der Waals surface area contributed by atoms with Crippen molar-refractivity contribution in [3.63, 3.8) is 0 Å². The van der Waals surface area contributed by atoms with Crippen LogP contribution in [0.25, 0.3) is 5.82 Å². The lowest BCUT2D eigenvalue weighted by atomic mass is 10.2. The predicted molar refractivity (Wildman–Crippen MR) is 101 cm³/mol. The van der Waals surface area contributed by atoms with E-state index in [9.17, 15) is 0 Å². The molecule has 27 heavy (non-hydrogen) atoms. The Morgan fingerprint density at radius 2 is 1.81 bits per heavy atom. The average molecular weight is 358 g/mol. The van der Waals surface area contributed by atoms with Crippen molar-refractivity contribution in [2.24, 2.45) is 0 Å². The summed E-state index contributed by atoms with van der Waals surface area (Å²) < 4.78 is 7.45. The highest BCUT2D eigenvalue weighted by Crippen LogP contribution is 2.15. The molecule has 134 valence electrons. The first-order valence-electron chi connectivity index (χ1n) is 8.53. The number of hydrogen-bond donors (Lipinski definition) is 1. The van der Waals surface area contributed by atoms with E-state index in [0.717, 1.165) is 16.9 Å². The second kappa shape index (κ2) is 8.09. The van der Waals surface area contributed by atoms with Crippen LogP contribution in [0, 0.1) is 0 Å². The van der Waals surface area contributed by atoms with Crippen molar-refractivity contribution >= 4 is 5.82 Å². The third-order valence-corrected chi connectivity index (χ3v) is 3.89. The number of rotatable bonds is 7. The fraction of sp³-hybridized carbons (Fsp3) is 0.100. The first-order valence-corrected chi connectivity index (χ1v) is 8.53. The van der Waals surface area contributed by atoms with E-state index in [1.165, 1.54) is 0 Å². The van der Waals surface area contributed by atoms with Gasteiger partial charge in [0.1, 0.15) is 18.2 Å². The fourth-order valence-electron chi connectivity index (χ4n) is 2.50. The maximum absolute atomic E-state index is 5.77. The molecular weight excluding hydrogens is 340 g/mol. The molecule has 0 spiro atoms. The van der Waals surface area contributed by atoms with Gasteiger partial charge in [0.05, 0.1) is 12.4 Å². The molecule has 0 aliphatic heterocycles. The molecular formula is C20H18N6O. The van der Waals surface area contributed by atoms with Crippen molar-refractivity contribution in [1.29, 1.82) is 0 Å². The highest BCUT2D eigenvalue weighted by atomic mass is 16.5. The Labute approximate surface area is 156 Å². The van der Waals surface area contributed by atoms with Gasteiger partial charge < -0.3 is 10.1 Å². The quantitative estimate of drug-likeness (QED) is 0.546. The highest BCUT2D eigenvalue weighted by molar-refractivity contribution is 5.37. The smallest absolute Gasteiger partial charge is 0.173 e. The van der Waals surface area contributed by atoms with Gasteiger partial charge in [0.15, 0.2) is 5.82 Å². The first-order chi connectivity index (χ1) is 13.4. The molecule has 0 amide bonds. The third-order valence-electron chi connectivity index (χ3n) is 3.89. The van der Waals surface area contributed by atoms with Gasteiger partial charge in [-0.2, -0.15) is 5.10 Å². The van der Waals surface area contributed by atoms with Gasteiger partial charge in [-0.15, -0.1) is 0 Å². The minimum absolute atomic E-state index is 0.501. The molecule has 0 saturated heterocycles. The van der Waals surface area contributed by atoms with Crippen LogP contribution < -0.4 is 10.1 Å². The van der Waals surface area contributed by atoms with E-state index in [1.54, 1.807) is 35.7 Å². The van der Waals surface area contributed by atoms with Crippen LogP contribution in [0.4, 0.5) is 5.82 Å². The van der Waals surface area contributed by atoms with Crippen molar-refractivity contribution in [2.75, 3.05) is 5.32 Å². The van der Waals surface area contributed by atoms with Gasteiger partial charge in [0.2, 0.25) is 0 Å². The summed E-state index contributed by atoms with van der Waals surface area (Å²) in [4.78, 5) is 12.8. The Balaban J connectivity index is 1.33. The molecule has 0 aliphatic carbocycles. The van der Waals surface area contributed by atoms with Gasteiger partial charge in [-0.3, -0.25) is 9.97 Å². The molecule has 0 saturated carbocycles. The summed E-state index contributed by atoms with van der Waals surface area (Å²) in [5.41, 5.74) is 2.16. The number of ether oxygens (including phenoxy) is 1. The first kappa shape index (κ1) is 16.7. The summed E-state index contributed by atoms with van der Waals surface area (Å²) in [6, 6.07) is 13.7. The van der Waals surface area contributed by atoms with E-state index in [4.69, 9.17) is 4.74 Å². The third kappa shape index (κ3) is 4.46. The van der Waals surface area contributed by atoms with E-state index in [2.05, 4.69) is 25.4 Å². The van der Waals surface area contributed by atoms with Gasteiger partial charge in [-0.05, 0) is 29.8 Å². The topological polar surface area (TPSA) is 77.8 Å². The van der Waals surface area contributed by atoms with E-state index in [1.807, 2.05) is 48.7 Å². The number of aromatic nitrogens is 5. The summed E-state index contributed by atoms with van der Waals surface area (Å²) >= 11 is 0. The zero-order chi connectivity index (χ0) is 18.3. The minimum Gasteiger partial charge on any atom is -0.489 e. The second-order valence-corrected chi connectivity index (χ2v) is 5.86. The molecule has 0 unspecified atom stereocenters. The standard InChI is InChI=1S/C20H18N6O/c1-3-17(11-21-8-1)15-27-18-6-4-16(5-7-18)12-23-19-13-22-14-20(25-19)26-10-2-9-24-26/h1-11,13-14H,12,15H2,(H,23,25). The maximum atomic E-state index is 5.77. The summed E-state index contributed by atoms with van der Waals surface area (Å²) in [7, 11) is 0. The number of benzene rings is 1. The molecule has 4 rings (SSSR count). The average Bonchev–Trinajstić information content (AvgIpc) is 3.28. The Bertz CT molecular complexity index is 971. The summed E-state index contributed by atoms with van der Waals surface area (Å²) in [6.45, 7) is 1.14. The Morgan fingerprint density at radius 1 is 0.889 bits per heavy atom. The molecule has 4 aromatic rings. The Hall–Kier alpha value is -3.74. The SMILES string of the molecule is c1cncc(COc2ccc(CNc3cncc(-n4cccn4)n3)cc2)c1. The molecule has 0 atom stereocenters. The summed E-state index contributed by atoms with van der Waals surface area (Å²) in [5.74, 6) is 2.19. The van der Waals surface area contributed by atoms with Crippen molar-refractivity contribution in [3.05, 3.63) is 90.8 Å². The molecule has 0 radical (unpaired) electrons. The van der Waals surface area contributed by atoms with E-state index < -0.39 is 0 Å². The summed E-state index contributed by atoms with van der Waals surface area (Å²) in [5, 5.41) is 7.44. The fourth-order valence-corrected chi connectivity index (χ4v) is 2.50. The largest absolute Gasteiger partial charge is 0.489 e. The maximum Gasteiger partial charge on any atom is 0.173 e. The molecule has 3 heterocycles. The molecule has 3 aromatic heterocycles. The van der Waals surface area contributed by atoms with E-state index in [-0.39, 0.29) is 0 Å². The van der Waals surface area contributed by atoms with Crippen LogP contribution in [0.1, 0.15) is 11.1 Å². The Kier molecular flexibility index (Phi) is 5.01. The molecule has 7 heteroatoms. The second-order valence-electron chi connectivity index (χ2n) is 5.86. The van der Waals surface area contributed by atoms with Gasteiger partial charge >= 0.3 is 0 Å². The Morgan fingerprint density at radius 3 is 2.59 bits per heavy atom. The lowest BCUT2D eigenvalue weighted by Crippen LogP contribution is -2.05. The van der Waals surface area contributed by atoms with Crippen LogP contribution in [-0.2, 0) is 13.2 Å². The van der Waals surface area contributed by atoms with E-state index >= 15 is 0 Å². The van der Waals surface area contributed by atoms with Crippen molar-refractivity contribution in [2.45, 2.75) is 13.2 Å². The monoisotopic (exact) mass is 358 g/mol. The lowest BCUT2D eigenvalue weighted by Gasteiger charge is -2.09. The van der Waals surface area contributed by atoms with Gasteiger partial charge in [-0.25, -0.2) is 9.67 Å². The molecule has 1 aromatic carbocycles. The van der Waals surface area contributed by atoms with Crippen LogP contribution in [0.3, 0.4) is 0 Å². The van der Waals surface area contributed by atoms with Crippen LogP contribution in [0.5, 0.6) is 5.75 Å². The molecule has 1 N–H and O–H groups in total. The molecule has 0 bridgehead atoms. The van der Waals surface area contributed by atoms with Crippen molar-refractivity contribution in [1.82, 2.24) is 24.7 Å². The van der Waals surface area contributed by atoms with Crippen LogP contribution in [-0.4, -0.2) is 24.7 Å². The number of nitrogens with zero attached hydrogens (tertiary/aromatic N) is 5. The zero-order valence-corrected chi connectivity index (χ0v) is 14.6. The normalized spacial score (nSPS) is 10.5. The van der Waals surface area contributed by atoms with Crippen LogP contribution in [0.2, 0.25) is 0 Å².